The van der Waals surface area contributed by atoms with Crippen molar-refractivity contribution in [2.24, 2.45) is 0 Å². The van der Waals surface area contributed by atoms with Crippen LogP contribution in [0.25, 0.3) is 0 Å². The van der Waals surface area contributed by atoms with Crippen molar-refractivity contribution in [2.45, 2.75) is 32.2 Å². The molecule has 6 nitrogen and oxygen atoms in total. The van der Waals surface area contributed by atoms with Crippen LogP contribution < -0.4 is 10.7 Å². The molecule has 1 aromatic carbocycles. The highest BCUT2D eigenvalue weighted by Crippen LogP contribution is 2.22. The summed E-state index contributed by atoms with van der Waals surface area (Å²) < 4.78 is 0. The van der Waals surface area contributed by atoms with E-state index < -0.39 is 23.4 Å². The molecule has 1 aliphatic rings. The van der Waals surface area contributed by atoms with E-state index in [1.807, 2.05) is 12.1 Å². The van der Waals surface area contributed by atoms with E-state index in [1.165, 1.54) is 6.92 Å². The third-order valence-electron chi connectivity index (χ3n) is 3.36. The van der Waals surface area contributed by atoms with Gasteiger partial charge in [-0.2, -0.15) is 5.01 Å². The molecule has 1 saturated heterocycles. The molecule has 0 aromatic heterocycles. The number of imide groups is 1. The Morgan fingerprint density at radius 3 is 2.52 bits per heavy atom. The molecule has 0 bridgehead atoms. The molecule has 0 aliphatic carbocycles. The van der Waals surface area contributed by atoms with E-state index in [9.17, 15) is 14.4 Å². The predicted molar refractivity (Wildman–Crippen MR) is 77.4 cm³/mol. The third-order valence-corrected chi connectivity index (χ3v) is 3.61. The molecule has 4 amide bonds. The van der Waals surface area contributed by atoms with E-state index in [4.69, 9.17) is 11.6 Å². The summed E-state index contributed by atoms with van der Waals surface area (Å²) in [5, 5.41) is 3.99. The number of amides is 4. The fourth-order valence-electron chi connectivity index (χ4n) is 2.16. The number of hydrazine groups is 1. The fraction of sp³-hybridized carbons (Fsp3) is 0.357. The van der Waals surface area contributed by atoms with Gasteiger partial charge < -0.3 is 5.32 Å². The summed E-state index contributed by atoms with van der Waals surface area (Å²) >= 11 is 5.82. The van der Waals surface area contributed by atoms with Crippen LogP contribution in [-0.2, 0) is 16.0 Å². The number of nitrogens with zero attached hydrogens (tertiary/aromatic N) is 1. The van der Waals surface area contributed by atoms with E-state index in [0.29, 0.717) is 17.9 Å². The summed E-state index contributed by atoms with van der Waals surface area (Å²) in [4.78, 5) is 35.0. The van der Waals surface area contributed by atoms with Gasteiger partial charge in [0, 0.05) is 11.9 Å². The maximum atomic E-state index is 12.3. The zero-order valence-corrected chi connectivity index (χ0v) is 12.5. The van der Waals surface area contributed by atoms with E-state index in [-0.39, 0.29) is 0 Å². The minimum absolute atomic E-state index is 0.426. The number of carbonyl (C=O) groups excluding carboxylic acids is 3. The lowest BCUT2D eigenvalue weighted by Gasteiger charge is -2.21. The monoisotopic (exact) mass is 309 g/mol. The highest BCUT2D eigenvalue weighted by molar-refractivity contribution is 6.30. The van der Waals surface area contributed by atoms with Crippen molar-refractivity contribution in [1.29, 1.82) is 0 Å². The Balaban J connectivity index is 2.05. The van der Waals surface area contributed by atoms with Crippen molar-refractivity contribution < 1.29 is 14.4 Å². The lowest BCUT2D eigenvalue weighted by atomic mass is 9.93. The normalized spacial score (nSPS) is 21.4. The number of rotatable bonds is 4. The van der Waals surface area contributed by atoms with E-state index in [2.05, 4.69) is 10.7 Å². The topological polar surface area (TPSA) is 78.5 Å². The second-order valence-electron chi connectivity index (χ2n) is 5.20. The van der Waals surface area contributed by atoms with Crippen LogP contribution >= 0.6 is 11.6 Å². The Hall–Kier alpha value is -2.08. The summed E-state index contributed by atoms with van der Waals surface area (Å²) in [6, 6.07) is 6.68. The maximum Gasteiger partial charge on any atom is 0.344 e. The molecule has 1 fully saturated rings. The Kier molecular flexibility index (Phi) is 4.18. The molecule has 1 atom stereocenters. The second-order valence-corrected chi connectivity index (χ2v) is 5.63. The van der Waals surface area contributed by atoms with E-state index >= 15 is 0 Å². The molecule has 1 unspecified atom stereocenters. The van der Waals surface area contributed by atoms with Gasteiger partial charge in [-0.15, -0.1) is 0 Å². The first-order chi connectivity index (χ1) is 9.82. The molecule has 1 aliphatic heterocycles. The predicted octanol–water partition coefficient (Wildman–Crippen LogP) is 1.63. The van der Waals surface area contributed by atoms with Crippen molar-refractivity contribution in [1.82, 2.24) is 15.8 Å². The third kappa shape index (κ3) is 3.33. The van der Waals surface area contributed by atoms with Crippen molar-refractivity contribution in [3.63, 3.8) is 0 Å². The molecule has 21 heavy (non-hydrogen) atoms. The SMILES string of the molecule is CC(=O)NN1C(=O)NC(C)(CCc2ccc(Cl)cc2)C1=O. The Bertz CT molecular complexity index is 588. The van der Waals surface area contributed by atoms with E-state index in [0.717, 1.165) is 10.6 Å². The van der Waals surface area contributed by atoms with Crippen LogP contribution in [0.3, 0.4) is 0 Å². The minimum Gasteiger partial charge on any atom is -0.322 e. The summed E-state index contributed by atoms with van der Waals surface area (Å²) in [6.07, 6.45) is 1.03. The fourth-order valence-corrected chi connectivity index (χ4v) is 2.28. The van der Waals surface area contributed by atoms with Gasteiger partial charge in [0.05, 0.1) is 0 Å². The molecular weight excluding hydrogens is 294 g/mol. The Morgan fingerprint density at radius 2 is 1.95 bits per heavy atom. The Morgan fingerprint density at radius 1 is 1.33 bits per heavy atom. The molecule has 2 rings (SSSR count). The molecule has 2 N–H and O–H groups in total. The highest BCUT2D eigenvalue weighted by Gasteiger charge is 2.48. The number of halogens is 1. The molecule has 1 heterocycles. The molecule has 112 valence electrons. The van der Waals surface area contributed by atoms with Gasteiger partial charge in [-0.05, 0) is 37.5 Å². The summed E-state index contributed by atoms with van der Waals surface area (Å²) in [7, 11) is 0. The number of benzene rings is 1. The van der Waals surface area contributed by atoms with Crippen LogP contribution in [0.1, 0.15) is 25.8 Å². The summed E-state index contributed by atoms with van der Waals surface area (Å²) in [6.45, 7) is 2.88. The molecule has 0 radical (unpaired) electrons. The number of nitrogens with one attached hydrogen (secondary N) is 2. The van der Waals surface area contributed by atoms with E-state index in [1.54, 1.807) is 19.1 Å². The quantitative estimate of drug-likeness (QED) is 0.830. The van der Waals surface area contributed by atoms with Crippen LogP contribution in [-0.4, -0.2) is 28.4 Å². The minimum atomic E-state index is -1.03. The van der Waals surface area contributed by atoms with Crippen molar-refractivity contribution in [3.8, 4) is 0 Å². The number of carbonyl (C=O) groups is 3. The van der Waals surface area contributed by atoms with Crippen molar-refractivity contribution in [3.05, 3.63) is 34.9 Å². The van der Waals surface area contributed by atoms with Crippen molar-refractivity contribution in [2.75, 3.05) is 0 Å². The summed E-state index contributed by atoms with van der Waals surface area (Å²) in [5.74, 6) is -0.933. The molecular formula is C14H16ClN3O3. The lowest BCUT2D eigenvalue weighted by Crippen LogP contribution is -2.48. The van der Waals surface area contributed by atoms with Crippen LogP contribution in [0, 0.1) is 0 Å². The lowest BCUT2D eigenvalue weighted by molar-refractivity contribution is -0.138. The van der Waals surface area contributed by atoms with Gasteiger partial charge in [-0.3, -0.25) is 15.0 Å². The van der Waals surface area contributed by atoms with Crippen LogP contribution in [0.15, 0.2) is 24.3 Å². The average Bonchev–Trinajstić information content (AvgIpc) is 2.62. The second kappa shape index (κ2) is 5.73. The van der Waals surface area contributed by atoms with Gasteiger partial charge in [0.25, 0.3) is 5.91 Å². The van der Waals surface area contributed by atoms with Gasteiger partial charge in [-0.25, -0.2) is 4.79 Å². The summed E-state index contributed by atoms with van der Waals surface area (Å²) in [5.41, 5.74) is 2.20. The number of urea groups is 1. The van der Waals surface area contributed by atoms with Crippen LogP contribution in [0.5, 0.6) is 0 Å². The average molecular weight is 310 g/mol. The first-order valence-electron chi connectivity index (χ1n) is 6.50. The number of hydrogen-bond donors (Lipinski definition) is 2. The number of aryl methyl sites for hydroxylation is 1. The maximum absolute atomic E-state index is 12.3. The molecule has 0 spiro atoms. The molecule has 1 aromatic rings. The van der Waals surface area contributed by atoms with Crippen LogP contribution in [0.4, 0.5) is 4.79 Å². The van der Waals surface area contributed by atoms with Crippen LogP contribution in [0.2, 0.25) is 5.02 Å². The van der Waals surface area contributed by atoms with Gasteiger partial charge in [0.1, 0.15) is 5.54 Å². The smallest absolute Gasteiger partial charge is 0.322 e. The van der Waals surface area contributed by atoms with Crippen molar-refractivity contribution >= 4 is 29.4 Å². The van der Waals surface area contributed by atoms with Gasteiger partial charge in [-0.1, -0.05) is 23.7 Å². The standard InChI is InChI=1S/C14H16ClN3O3/c1-9(19)17-18-12(20)14(2,16-13(18)21)8-7-10-3-5-11(15)6-4-10/h3-6H,7-8H2,1-2H3,(H,16,21)(H,17,19). The largest absolute Gasteiger partial charge is 0.344 e. The van der Waals surface area contributed by atoms with Gasteiger partial charge in [0.2, 0.25) is 5.91 Å². The van der Waals surface area contributed by atoms with Gasteiger partial charge in [0.15, 0.2) is 0 Å². The van der Waals surface area contributed by atoms with Gasteiger partial charge >= 0.3 is 6.03 Å². The molecule has 7 heteroatoms. The number of hydrogen-bond acceptors (Lipinski definition) is 3. The molecule has 0 saturated carbocycles. The first kappa shape index (κ1) is 15.3. The Labute approximate surface area is 127 Å². The zero-order chi connectivity index (χ0) is 15.6. The first-order valence-corrected chi connectivity index (χ1v) is 6.88. The highest BCUT2D eigenvalue weighted by atomic mass is 35.5. The zero-order valence-electron chi connectivity index (χ0n) is 11.8.